The summed E-state index contributed by atoms with van der Waals surface area (Å²) in [6.45, 7) is 0. The topological polar surface area (TPSA) is 89.9 Å². The van der Waals surface area contributed by atoms with Crippen molar-refractivity contribution >= 4 is 28.6 Å². The molecule has 102 valence electrons. The summed E-state index contributed by atoms with van der Waals surface area (Å²) in [4.78, 5) is 9.51. The first kappa shape index (κ1) is 12.7. The summed E-state index contributed by atoms with van der Waals surface area (Å²) in [5.41, 5.74) is 6.62. The van der Waals surface area contributed by atoms with Crippen molar-refractivity contribution in [2.24, 2.45) is 7.05 Å². The molecule has 0 aliphatic carbocycles. The van der Waals surface area contributed by atoms with Gasteiger partial charge in [-0.1, -0.05) is 12.1 Å². The summed E-state index contributed by atoms with van der Waals surface area (Å²) >= 11 is 1.47. The quantitative estimate of drug-likeness (QED) is 0.716. The number of para-hydroxylation sites is 1. The van der Waals surface area contributed by atoms with E-state index in [0.717, 1.165) is 10.3 Å². The monoisotopic (exact) mass is 287 g/mol. The van der Waals surface area contributed by atoms with Crippen LogP contribution < -0.4 is 5.73 Å². The van der Waals surface area contributed by atoms with Crippen LogP contribution in [0.1, 0.15) is 5.82 Å². The summed E-state index contributed by atoms with van der Waals surface area (Å²) in [7, 11) is 1.81. The molecule has 0 fully saturated rings. The lowest BCUT2D eigenvalue weighted by atomic mass is 10.3. The van der Waals surface area contributed by atoms with E-state index in [1.807, 2.05) is 19.2 Å². The number of anilines is 1. The summed E-state index contributed by atoms with van der Waals surface area (Å²) < 4.78 is 1.67. The zero-order chi connectivity index (χ0) is 14.1. The van der Waals surface area contributed by atoms with Crippen LogP contribution in [0.15, 0.2) is 35.4 Å². The van der Waals surface area contributed by atoms with E-state index in [0.29, 0.717) is 23.0 Å². The number of phenolic OH excluding ortho intramolecular Hbond substituents is 1. The van der Waals surface area contributed by atoms with E-state index in [4.69, 9.17) is 5.73 Å². The number of aromatic nitrogens is 4. The van der Waals surface area contributed by atoms with Gasteiger partial charge in [0, 0.05) is 11.9 Å². The minimum atomic E-state index is 0.257. The molecule has 6 nitrogen and oxygen atoms in total. The summed E-state index contributed by atoms with van der Waals surface area (Å²) in [6.07, 6.45) is 1.66. The molecule has 2 aromatic heterocycles. The lowest BCUT2D eigenvalue weighted by Crippen LogP contribution is -2.01. The highest BCUT2D eigenvalue weighted by molar-refractivity contribution is 7.98. The van der Waals surface area contributed by atoms with Crippen LogP contribution in [0.2, 0.25) is 0 Å². The van der Waals surface area contributed by atoms with Crippen LogP contribution in [0.5, 0.6) is 5.75 Å². The highest BCUT2D eigenvalue weighted by atomic mass is 32.2. The van der Waals surface area contributed by atoms with Crippen LogP contribution >= 0.6 is 11.8 Å². The second kappa shape index (κ2) is 5.01. The normalized spacial score (nSPS) is 11.1. The van der Waals surface area contributed by atoms with Gasteiger partial charge >= 0.3 is 0 Å². The Hall–Kier alpha value is -2.28. The first-order chi connectivity index (χ1) is 9.65. The van der Waals surface area contributed by atoms with Crippen LogP contribution in [0.25, 0.3) is 11.0 Å². The van der Waals surface area contributed by atoms with Gasteiger partial charge < -0.3 is 10.8 Å². The lowest BCUT2D eigenvalue weighted by Gasteiger charge is -2.05. The van der Waals surface area contributed by atoms with Crippen molar-refractivity contribution in [2.45, 2.75) is 10.6 Å². The number of aromatic hydroxyl groups is 1. The fraction of sp³-hybridized carbons (Fsp3) is 0.154. The largest absolute Gasteiger partial charge is 0.507 e. The molecule has 2 heterocycles. The van der Waals surface area contributed by atoms with E-state index in [1.54, 1.807) is 23.0 Å². The number of fused-ring (bicyclic) bond motifs is 1. The van der Waals surface area contributed by atoms with Gasteiger partial charge in [0.2, 0.25) is 0 Å². The molecule has 20 heavy (non-hydrogen) atoms. The van der Waals surface area contributed by atoms with Crippen LogP contribution in [0.3, 0.4) is 0 Å². The molecule has 0 amide bonds. The molecule has 1 aromatic carbocycles. The van der Waals surface area contributed by atoms with Gasteiger partial charge in [-0.25, -0.2) is 9.97 Å². The van der Waals surface area contributed by atoms with Crippen molar-refractivity contribution in [2.75, 3.05) is 5.73 Å². The number of nitrogens with two attached hydrogens (primary N) is 1. The fourth-order valence-electron chi connectivity index (χ4n) is 1.88. The van der Waals surface area contributed by atoms with Crippen molar-refractivity contribution in [1.29, 1.82) is 0 Å². The molecular formula is C13H13N5OS. The highest BCUT2D eigenvalue weighted by Crippen LogP contribution is 2.30. The standard InChI is InChI=1S/C13H13N5OS/c1-18-13-8(6-15-18)12(14)16-11(17-13)7-20-10-5-3-2-4-9(10)19/h2-6,19H,7H2,1H3,(H2,14,16,17). The molecule has 3 rings (SSSR count). The Kier molecular flexibility index (Phi) is 3.19. The number of nitrogen functional groups attached to an aromatic ring is 1. The molecule has 3 N–H and O–H groups in total. The third kappa shape index (κ3) is 2.27. The Labute approximate surface area is 119 Å². The predicted octanol–water partition coefficient (Wildman–Crippen LogP) is 1.94. The SMILES string of the molecule is Cn1ncc2c(N)nc(CSc3ccccc3O)nc21. The van der Waals surface area contributed by atoms with Crippen LogP contribution in [0, 0.1) is 0 Å². The number of hydrogen-bond acceptors (Lipinski definition) is 6. The molecular weight excluding hydrogens is 274 g/mol. The molecule has 0 atom stereocenters. The molecule has 0 aliphatic rings. The first-order valence-electron chi connectivity index (χ1n) is 6.00. The zero-order valence-electron chi connectivity index (χ0n) is 10.8. The van der Waals surface area contributed by atoms with E-state index in [-0.39, 0.29) is 5.75 Å². The molecule has 0 unspecified atom stereocenters. The van der Waals surface area contributed by atoms with Crippen molar-refractivity contribution in [1.82, 2.24) is 19.7 Å². The van der Waals surface area contributed by atoms with Gasteiger partial charge in [0.15, 0.2) is 5.65 Å². The second-order valence-corrected chi connectivity index (χ2v) is 5.30. The van der Waals surface area contributed by atoms with Crippen LogP contribution in [-0.2, 0) is 12.8 Å². The fourth-order valence-corrected chi connectivity index (χ4v) is 2.68. The molecule has 0 spiro atoms. The van der Waals surface area contributed by atoms with Crippen molar-refractivity contribution < 1.29 is 5.11 Å². The summed E-state index contributed by atoms with van der Waals surface area (Å²) in [6, 6.07) is 7.17. The van der Waals surface area contributed by atoms with Crippen molar-refractivity contribution in [3.05, 3.63) is 36.3 Å². The van der Waals surface area contributed by atoms with Crippen molar-refractivity contribution in [3.63, 3.8) is 0 Å². The lowest BCUT2D eigenvalue weighted by molar-refractivity contribution is 0.462. The predicted molar refractivity (Wildman–Crippen MR) is 78.4 cm³/mol. The minimum absolute atomic E-state index is 0.257. The van der Waals surface area contributed by atoms with Crippen molar-refractivity contribution in [3.8, 4) is 5.75 Å². The van der Waals surface area contributed by atoms with Gasteiger partial charge in [-0.15, -0.1) is 11.8 Å². The minimum Gasteiger partial charge on any atom is -0.507 e. The van der Waals surface area contributed by atoms with Gasteiger partial charge in [0.1, 0.15) is 17.4 Å². The van der Waals surface area contributed by atoms with Gasteiger partial charge in [-0.2, -0.15) is 5.10 Å². The number of phenols is 1. The third-order valence-electron chi connectivity index (χ3n) is 2.89. The van der Waals surface area contributed by atoms with Crippen LogP contribution in [0.4, 0.5) is 5.82 Å². The smallest absolute Gasteiger partial charge is 0.163 e. The third-order valence-corrected chi connectivity index (χ3v) is 3.95. The van der Waals surface area contributed by atoms with Crippen LogP contribution in [-0.4, -0.2) is 24.9 Å². The zero-order valence-corrected chi connectivity index (χ0v) is 11.6. The Balaban J connectivity index is 1.88. The van der Waals surface area contributed by atoms with E-state index in [2.05, 4.69) is 15.1 Å². The van der Waals surface area contributed by atoms with E-state index >= 15 is 0 Å². The van der Waals surface area contributed by atoms with E-state index < -0.39 is 0 Å². The number of aryl methyl sites for hydroxylation is 1. The maximum absolute atomic E-state index is 9.73. The average molecular weight is 287 g/mol. The maximum atomic E-state index is 9.73. The number of benzene rings is 1. The Morgan fingerprint density at radius 3 is 2.90 bits per heavy atom. The van der Waals surface area contributed by atoms with E-state index in [9.17, 15) is 5.11 Å². The van der Waals surface area contributed by atoms with Gasteiger partial charge in [0.25, 0.3) is 0 Å². The number of rotatable bonds is 3. The Bertz CT molecular complexity index is 771. The summed E-state index contributed by atoms with van der Waals surface area (Å²) in [5.74, 6) is 1.83. The summed E-state index contributed by atoms with van der Waals surface area (Å²) in [5, 5.41) is 14.6. The Morgan fingerprint density at radius 2 is 2.10 bits per heavy atom. The molecule has 3 aromatic rings. The maximum Gasteiger partial charge on any atom is 0.163 e. The second-order valence-electron chi connectivity index (χ2n) is 4.29. The first-order valence-corrected chi connectivity index (χ1v) is 6.98. The number of nitrogens with zero attached hydrogens (tertiary/aromatic N) is 4. The van der Waals surface area contributed by atoms with Gasteiger partial charge in [0.05, 0.1) is 17.3 Å². The molecule has 0 saturated carbocycles. The number of hydrogen-bond donors (Lipinski definition) is 2. The Morgan fingerprint density at radius 1 is 1.30 bits per heavy atom. The molecule has 0 saturated heterocycles. The molecule has 0 bridgehead atoms. The molecule has 0 radical (unpaired) electrons. The average Bonchev–Trinajstić information content (AvgIpc) is 2.80. The van der Waals surface area contributed by atoms with E-state index in [1.165, 1.54) is 11.8 Å². The highest BCUT2D eigenvalue weighted by Gasteiger charge is 2.10. The molecule has 0 aliphatic heterocycles. The van der Waals surface area contributed by atoms with Gasteiger partial charge in [-0.05, 0) is 12.1 Å². The number of thioether (sulfide) groups is 1. The molecule has 7 heteroatoms. The van der Waals surface area contributed by atoms with Gasteiger partial charge in [-0.3, -0.25) is 4.68 Å².